The van der Waals surface area contributed by atoms with Gasteiger partial charge in [-0.2, -0.15) is 0 Å². The SMILES string of the molecule is CCC1(C(=O)O)CCCN(C(=O)NCCc2cnc[nH]2)C1. The molecule has 0 aliphatic carbocycles. The Morgan fingerprint density at radius 1 is 1.57 bits per heavy atom. The number of carboxylic acid groups (broad SMARTS) is 1. The van der Waals surface area contributed by atoms with Crippen LogP contribution in [0.1, 0.15) is 31.9 Å². The van der Waals surface area contributed by atoms with Crippen molar-refractivity contribution in [2.24, 2.45) is 5.41 Å². The van der Waals surface area contributed by atoms with Gasteiger partial charge in [-0.15, -0.1) is 0 Å². The summed E-state index contributed by atoms with van der Waals surface area (Å²) < 4.78 is 0. The van der Waals surface area contributed by atoms with Crippen LogP contribution in [0.4, 0.5) is 4.79 Å². The van der Waals surface area contributed by atoms with E-state index in [1.54, 1.807) is 17.4 Å². The summed E-state index contributed by atoms with van der Waals surface area (Å²) in [7, 11) is 0. The predicted octanol–water partition coefficient (Wildman–Crippen LogP) is 1.24. The van der Waals surface area contributed by atoms with E-state index in [0.717, 1.165) is 12.1 Å². The van der Waals surface area contributed by atoms with Crippen molar-refractivity contribution in [1.29, 1.82) is 0 Å². The number of likely N-dealkylation sites (tertiary alicyclic amines) is 1. The molecule has 0 spiro atoms. The Hall–Kier alpha value is -2.05. The fourth-order valence-electron chi connectivity index (χ4n) is 2.76. The summed E-state index contributed by atoms with van der Waals surface area (Å²) in [5.74, 6) is -0.806. The number of carbonyl (C=O) groups excluding carboxylic acids is 1. The van der Waals surface area contributed by atoms with Crippen molar-refractivity contribution in [2.75, 3.05) is 19.6 Å². The fraction of sp³-hybridized carbons (Fsp3) is 0.643. The highest BCUT2D eigenvalue weighted by Gasteiger charge is 2.42. The van der Waals surface area contributed by atoms with Crippen LogP contribution in [0, 0.1) is 5.41 Å². The molecule has 0 bridgehead atoms. The molecule has 1 aromatic heterocycles. The minimum absolute atomic E-state index is 0.187. The molecule has 1 fully saturated rings. The average Bonchev–Trinajstić information content (AvgIpc) is 3.00. The summed E-state index contributed by atoms with van der Waals surface area (Å²) in [6, 6.07) is -0.187. The molecular formula is C14H22N4O3. The number of urea groups is 1. The third kappa shape index (κ3) is 3.53. The summed E-state index contributed by atoms with van der Waals surface area (Å²) in [4.78, 5) is 32.1. The number of hydrogen-bond donors (Lipinski definition) is 3. The largest absolute Gasteiger partial charge is 0.481 e. The molecule has 1 aromatic rings. The van der Waals surface area contributed by atoms with E-state index < -0.39 is 11.4 Å². The zero-order chi connectivity index (χ0) is 15.3. The van der Waals surface area contributed by atoms with Crippen molar-refractivity contribution in [3.05, 3.63) is 18.2 Å². The van der Waals surface area contributed by atoms with Gasteiger partial charge in [0.1, 0.15) is 0 Å². The Kier molecular flexibility index (Phi) is 4.82. The molecule has 7 heteroatoms. The topological polar surface area (TPSA) is 98.3 Å². The molecule has 2 rings (SSSR count). The molecule has 2 amide bonds. The first-order valence-corrected chi connectivity index (χ1v) is 7.31. The lowest BCUT2D eigenvalue weighted by atomic mass is 9.78. The van der Waals surface area contributed by atoms with E-state index in [-0.39, 0.29) is 12.6 Å². The van der Waals surface area contributed by atoms with Crippen LogP contribution in [0.25, 0.3) is 0 Å². The summed E-state index contributed by atoms with van der Waals surface area (Å²) in [6.07, 6.45) is 5.91. The van der Waals surface area contributed by atoms with E-state index in [0.29, 0.717) is 32.4 Å². The third-order valence-corrected chi connectivity index (χ3v) is 4.22. The number of carboxylic acids is 1. The highest BCUT2D eigenvalue weighted by atomic mass is 16.4. The number of nitrogens with zero attached hydrogens (tertiary/aromatic N) is 2. The van der Waals surface area contributed by atoms with Crippen molar-refractivity contribution in [3.63, 3.8) is 0 Å². The second-order valence-electron chi connectivity index (χ2n) is 5.52. The van der Waals surface area contributed by atoms with Gasteiger partial charge < -0.3 is 20.3 Å². The molecular weight excluding hydrogens is 272 g/mol. The average molecular weight is 294 g/mol. The van der Waals surface area contributed by atoms with Crippen molar-refractivity contribution < 1.29 is 14.7 Å². The van der Waals surface area contributed by atoms with Crippen LogP contribution in [0.15, 0.2) is 12.5 Å². The van der Waals surface area contributed by atoms with E-state index in [1.807, 2.05) is 6.92 Å². The summed E-state index contributed by atoms with van der Waals surface area (Å²) in [5.41, 5.74) is 0.168. The molecule has 2 heterocycles. The second kappa shape index (κ2) is 6.60. The molecule has 1 saturated heterocycles. The number of carbonyl (C=O) groups is 2. The van der Waals surface area contributed by atoms with Gasteiger partial charge in [-0.25, -0.2) is 9.78 Å². The third-order valence-electron chi connectivity index (χ3n) is 4.22. The maximum absolute atomic E-state index is 12.1. The molecule has 7 nitrogen and oxygen atoms in total. The van der Waals surface area contributed by atoms with E-state index in [2.05, 4.69) is 15.3 Å². The number of aromatic amines is 1. The van der Waals surface area contributed by atoms with E-state index in [9.17, 15) is 14.7 Å². The summed E-state index contributed by atoms with van der Waals surface area (Å²) in [5, 5.41) is 12.3. The molecule has 0 saturated carbocycles. The minimum Gasteiger partial charge on any atom is -0.481 e. The Morgan fingerprint density at radius 2 is 2.38 bits per heavy atom. The normalized spacial score (nSPS) is 22.0. The predicted molar refractivity (Wildman–Crippen MR) is 76.9 cm³/mol. The lowest BCUT2D eigenvalue weighted by Gasteiger charge is -2.39. The Morgan fingerprint density at radius 3 is 3.00 bits per heavy atom. The fourth-order valence-corrected chi connectivity index (χ4v) is 2.76. The van der Waals surface area contributed by atoms with Crippen molar-refractivity contribution in [3.8, 4) is 0 Å². The van der Waals surface area contributed by atoms with Crippen LogP contribution in [-0.2, 0) is 11.2 Å². The van der Waals surface area contributed by atoms with Gasteiger partial charge in [0.05, 0.1) is 11.7 Å². The molecule has 1 aliphatic rings. The van der Waals surface area contributed by atoms with Gasteiger partial charge in [0, 0.05) is 37.9 Å². The number of hydrogen-bond acceptors (Lipinski definition) is 3. The van der Waals surface area contributed by atoms with Crippen molar-refractivity contribution in [1.82, 2.24) is 20.2 Å². The van der Waals surface area contributed by atoms with Crippen molar-refractivity contribution in [2.45, 2.75) is 32.6 Å². The molecule has 3 N–H and O–H groups in total. The van der Waals surface area contributed by atoms with Crippen molar-refractivity contribution >= 4 is 12.0 Å². The van der Waals surface area contributed by atoms with Crippen LogP contribution in [0.3, 0.4) is 0 Å². The van der Waals surface area contributed by atoms with Crippen LogP contribution in [0.5, 0.6) is 0 Å². The molecule has 1 aliphatic heterocycles. The van der Waals surface area contributed by atoms with Gasteiger partial charge in [-0.1, -0.05) is 6.92 Å². The van der Waals surface area contributed by atoms with E-state index >= 15 is 0 Å². The first kappa shape index (κ1) is 15.3. The minimum atomic E-state index is -0.806. The standard InChI is InChI=1S/C14H22N4O3/c1-2-14(12(19)20)5-3-7-18(9-14)13(21)16-6-4-11-8-15-10-17-11/h8,10H,2-7,9H2,1H3,(H,15,17)(H,16,21)(H,19,20). The van der Waals surface area contributed by atoms with Gasteiger partial charge in [0.15, 0.2) is 0 Å². The van der Waals surface area contributed by atoms with E-state index in [1.165, 1.54) is 0 Å². The zero-order valence-corrected chi connectivity index (χ0v) is 12.3. The lowest BCUT2D eigenvalue weighted by Crippen LogP contribution is -2.52. The molecule has 0 aromatic carbocycles. The number of aliphatic carboxylic acids is 1. The number of piperidine rings is 1. The maximum atomic E-state index is 12.1. The number of amides is 2. The van der Waals surface area contributed by atoms with Gasteiger partial charge in [-0.3, -0.25) is 4.79 Å². The summed E-state index contributed by atoms with van der Waals surface area (Å²) in [6.45, 7) is 3.27. The quantitative estimate of drug-likeness (QED) is 0.761. The first-order valence-electron chi connectivity index (χ1n) is 7.31. The second-order valence-corrected chi connectivity index (χ2v) is 5.52. The van der Waals surface area contributed by atoms with Crippen LogP contribution >= 0.6 is 0 Å². The van der Waals surface area contributed by atoms with Gasteiger partial charge >= 0.3 is 12.0 Å². The Labute approximate surface area is 123 Å². The molecule has 1 unspecified atom stereocenters. The molecule has 1 atom stereocenters. The number of imidazole rings is 1. The molecule has 21 heavy (non-hydrogen) atoms. The number of rotatable bonds is 5. The highest BCUT2D eigenvalue weighted by molar-refractivity contribution is 5.78. The maximum Gasteiger partial charge on any atom is 0.317 e. The summed E-state index contributed by atoms with van der Waals surface area (Å²) >= 11 is 0. The Bertz CT molecular complexity index is 488. The van der Waals surface area contributed by atoms with Gasteiger partial charge in [-0.05, 0) is 19.3 Å². The van der Waals surface area contributed by atoms with E-state index in [4.69, 9.17) is 0 Å². The van der Waals surface area contributed by atoms with Crippen LogP contribution in [-0.4, -0.2) is 51.6 Å². The molecule has 0 radical (unpaired) electrons. The first-order chi connectivity index (χ1) is 10.1. The monoisotopic (exact) mass is 294 g/mol. The Balaban J connectivity index is 1.85. The van der Waals surface area contributed by atoms with Gasteiger partial charge in [0.25, 0.3) is 0 Å². The van der Waals surface area contributed by atoms with Gasteiger partial charge in [0.2, 0.25) is 0 Å². The number of nitrogens with one attached hydrogen (secondary N) is 2. The number of H-pyrrole nitrogens is 1. The van der Waals surface area contributed by atoms with Crippen LogP contribution < -0.4 is 5.32 Å². The molecule has 116 valence electrons. The number of aromatic nitrogens is 2. The smallest absolute Gasteiger partial charge is 0.317 e. The highest BCUT2D eigenvalue weighted by Crippen LogP contribution is 2.33. The zero-order valence-electron chi connectivity index (χ0n) is 12.3. The van der Waals surface area contributed by atoms with Crippen LogP contribution in [0.2, 0.25) is 0 Å². The lowest BCUT2D eigenvalue weighted by molar-refractivity contribution is -0.152.